The van der Waals surface area contributed by atoms with Crippen molar-refractivity contribution in [1.29, 1.82) is 0 Å². The van der Waals surface area contributed by atoms with Gasteiger partial charge in [0.2, 0.25) is 5.91 Å². The van der Waals surface area contributed by atoms with E-state index in [9.17, 15) is 9.59 Å². The van der Waals surface area contributed by atoms with Gasteiger partial charge in [0, 0.05) is 12.5 Å². The smallest absolute Gasteiger partial charge is 0.258 e. The van der Waals surface area contributed by atoms with Crippen molar-refractivity contribution in [2.24, 2.45) is 0 Å². The molecule has 1 aliphatic carbocycles. The molecule has 0 aliphatic heterocycles. The number of nitrogens with one attached hydrogen (secondary N) is 2. The highest BCUT2D eigenvalue weighted by molar-refractivity contribution is 5.88. The lowest BCUT2D eigenvalue weighted by Gasteiger charge is -2.19. The van der Waals surface area contributed by atoms with Gasteiger partial charge in [0.1, 0.15) is 11.8 Å². The summed E-state index contributed by atoms with van der Waals surface area (Å²) < 4.78 is 5.77. The summed E-state index contributed by atoms with van der Waals surface area (Å²) in [4.78, 5) is 25.2. The molecule has 0 aromatic heterocycles. The molecule has 0 saturated heterocycles. The Morgan fingerprint density at radius 2 is 1.83 bits per heavy atom. The Hall–Kier alpha value is -2.82. The number of hydrogen-bond acceptors (Lipinski definition) is 3. The highest BCUT2D eigenvalue weighted by Gasteiger charge is 2.28. The molecule has 29 heavy (non-hydrogen) atoms. The Balaban J connectivity index is 1.61. The number of carbonyl (C=O) groups is 2. The third-order valence-corrected chi connectivity index (χ3v) is 5.10. The summed E-state index contributed by atoms with van der Waals surface area (Å²) in [6.07, 6.45) is 2.46. The predicted molar refractivity (Wildman–Crippen MR) is 114 cm³/mol. The van der Waals surface area contributed by atoms with Gasteiger partial charge in [-0.3, -0.25) is 9.59 Å². The summed E-state index contributed by atoms with van der Waals surface area (Å²) in [6.45, 7) is 6.07. The first-order valence-electron chi connectivity index (χ1n) is 10.3. The van der Waals surface area contributed by atoms with Gasteiger partial charge in [-0.2, -0.15) is 0 Å². The van der Waals surface area contributed by atoms with Crippen molar-refractivity contribution in [1.82, 2.24) is 10.6 Å². The first-order valence-corrected chi connectivity index (χ1v) is 10.3. The minimum absolute atomic E-state index is 0.121. The maximum atomic E-state index is 12.6. The number of aryl methyl sites for hydroxylation is 1. The SMILES string of the molecule is Cc1ccc(C(C)C)cc1OCC(=O)NC(Cc1ccccc1)C(=O)NC1CC1. The van der Waals surface area contributed by atoms with Crippen molar-refractivity contribution in [2.75, 3.05) is 6.61 Å². The Morgan fingerprint density at radius 1 is 1.10 bits per heavy atom. The molecule has 154 valence electrons. The van der Waals surface area contributed by atoms with Crippen molar-refractivity contribution in [3.05, 3.63) is 65.2 Å². The van der Waals surface area contributed by atoms with E-state index in [4.69, 9.17) is 4.74 Å². The molecule has 2 amide bonds. The number of rotatable bonds is 9. The summed E-state index contributed by atoms with van der Waals surface area (Å²) in [5, 5.41) is 5.84. The van der Waals surface area contributed by atoms with Crippen molar-refractivity contribution in [2.45, 2.75) is 58.0 Å². The van der Waals surface area contributed by atoms with E-state index in [1.54, 1.807) is 0 Å². The predicted octanol–water partition coefficient (Wildman–Crippen LogP) is 3.50. The molecular formula is C24H30N2O3. The van der Waals surface area contributed by atoms with Gasteiger partial charge < -0.3 is 15.4 Å². The van der Waals surface area contributed by atoms with E-state index < -0.39 is 6.04 Å². The molecule has 2 aromatic rings. The van der Waals surface area contributed by atoms with Gasteiger partial charge in [0.25, 0.3) is 5.91 Å². The molecule has 5 heteroatoms. The molecule has 0 radical (unpaired) electrons. The number of benzene rings is 2. The maximum absolute atomic E-state index is 12.6. The van der Waals surface area contributed by atoms with Crippen LogP contribution in [0.15, 0.2) is 48.5 Å². The van der Waals surface area contributed by atoms with Gasteiger partial charge in [0.15, 0.2) is 6.61 Å². The lowest BCUT2D eigenvalue weighted by atomic mass is 10.0. The van der Waals surface area contributed by atoms with Gasteiger partial charge >= 0.3 is 0 Å². The Morgan fingerprint density at radius 3 is 2.48 bits per heavy atom. The average molecular weight is 395 g/mol. The fourth-order valence-electron chi connectivity index (χ4n) is 3.10. The van der Waals surface area contributed by atoms with Crippen LogP contribution in [0.4, 0.5) is 0 Å². The minimum atomic E-state index is -0.614. The zero-order chi connectivity index (χ0) is 20.8. The van der Waals surface area contributed by atoms with Crippen LogP contribution in [0.5, 0.6) is 5.75 Å². The van der Waals surface area contributed by atoms with Gasteiger partial charge in [-0.1, -0.05) is 56.3 Å². The van der Waals surface area contributed by atoms with Gasteiger partial charge in [-0.05, 0) is 48.4 Å². The molecule has 5 nitrogen and oxygen atoms in total. The fourth-order valence-corrected chi connectivity index (χ4v) is 3.10. The quantitative estimate of drug-likeness (QED) is 0.684. The van der Waals surface area contributed by atoms with E-state index in [0.29, 0.717) is 18.1 Å². The van der Waals surface area contributed by atoms with Gasteiger partial charge in [0.05, 0.1) is 0 Å². The van der Waals surface area contributed by atoms with Crippen LogP contribution in [-0.4, -0.2) is 30.5 Å². The average Bonchev–Trinajstić information content (AvgIpc) is 3.51. The molecule has 2 N–H and O–H groups in total. The number of ether oxygens (including phenoxy) is 1. The van der Waals surface area contributed by atoms with Crippen molar-refractivity contribution in [3.63, 3.8) is 0 Å². The van der Waals surface area contributed by atoms with E-state index in [2.05, 4.69) is 30.5 Å². The van der Waals surface area contributed by atoms with Crippen molar-refractivity contribution in [3.8, 4) is 5.75 Å². The monoisotopic (exact) mass is 394 g/mol. The molecule has 0 bridgehead atoms. The summed E-state index contributed by atoms with van der Waals surface area (Å²) in [5.41, 5.74) is 3.15. The Bertz CT molecular complexity index is 844. The summed E-state index contributed by atoms with van der Waals surface area (Å²) in [5.74, 6) is 0.649. The summed E-state index contributed by atoms with van der Waals surface area (Å²) in [7, 11) is 0. The fraction of sp³-hybridized carbons (Fsp3) is 0.417. The van der Waals surface area contributed by atoms with Crippen LogP contribution in [0.2, 0.25) is 0 Å². The third kappa shape index (κ3) is 6.34. The molecule has 1 aliphatic rings. The molecular weight excluding hydrogens is 364 g/mol. The Kier molecular flexibility index (Phi) is 6.91. The highest BCUT2D eigenvalue weighted by atomic mass is 16.5. The largest absolute Gasteiger partial charge is 0.483 e. The zero-order valence-electron chi connectivity index (χ0n) is 17.4. The summed E-state index contributed by atoms with van der Waals surface area (Å²) >= 11 is 0. The number of hydrogen-bond donors (Lipinski definition) is 2. The van der Waals surface area contributed by atoms with Crippen LogP contribution >= 0.6 is 0 Å². The van der Waals surface area contributed by atoms with E-state index >= 15 is 0 Å². The van der Waals surface area contributed by atoms with Crippen LogP contribution in [0.1, 0.15) is 49.3 Å². The first-order chi connectivity index (χ1) is 13.9. The van der Waals surface area contributed by atoms with E-state index in [-0.39, 0.29) is 24.5 Å². The van der Waals surface area contributed by atoms with Crippen molar-refractivity contribution < 1.29 is 14.3 Å². The topological polar surface area (TPSA) is 67.4 Å². The highest BCUT2D eigenvalue weighted by Crippen LogP contribution is 2.24. The first kappa shape index (κ1) is 20.9. The lowest BCUT2D eigenvalue weighted by Crippen LogP contribution is -2.49. The second kappa shape index (κ2) is 9.59. The van der Waals surface area contributed by atoms with Gasteiger partial charge in [-0.25, -0.2) is 0 Å². The lowest BCUT2D eigenvalue weighted by molar-refractivity contribution is -0.130. The second-order valence-corrected chi connectivity index (χ2v) is 8.06. The Labute approximate surface area is 172 Å². The van der Waals surface area contributed by atoms with Gasteiger partial charge in [-0.15, -0.1) is 0 Å². The third-order valence-electron chi connectivity index (χ3n) is 5.10. The van der Waals surface area contributed by atoms with Crippen molar-refractivity contribution >= 4 is 11.8 Å². The standard InChI is InChI=1S/C24H30N2O3/c1-16(2)19-10-9-17(3)22(14-19)29-15-23(27)26-21(24(28)25-20-11-12-20)13-18-7-5-4-6-8-18/h4-10,14,16,20-21H,11-13,15H2,1-3H3,(H,25,28)(H,26,27). The maximum Gasteiger partial charge on any atom is 0.258 e. The second-order valence-electron chi connectivity index (χ2n) is 8.06. The molecule has 2 aromatic carbocycles. The van der Waals surface area contributed by atoms with E-state index in [0.717, 1.165) is 29.5 Å². The molecule has 1 fully saturated rings. The molecule has 0 spiro atoms. The van der Waals surface area contributed by atoms with Crippen LogP contribution in [0.25, 0.3) is 0 Å². The normalized spacial score (nSPS) is 14.3. The number of amides is 2. The molecule has 1 atom stereocenters. The van der Waals surface area contributed by atoms with Crippen LogP contribution in [0, 0.1) is 6.92 Å². The molecule has 0 heterocycles. The molecule has 1 unspecified atom stereocenters. The van der Waals surface area contributed by atoms with E-state index in [1.165, 1.54) is 0 Å². The van der Waals surface area contributed by atoms with Crippen LogP contribution in [0.3, 0.4) is 0 Å². The van der Waals surface area contributed by atoms with Crippen LogP contribution < -0.4 is 15.4 Å². The molecule has 3 rings (SSSR count). The van der Waals surface area contributed by atoms with Crippen LogP contribution in [-0.2, 0) is 16.0 Å². The number of carbonyl (C=O) groups excluding carboxylic acids is 2. The zero-order valence-corrected chi connectivity index (χ0v) is 17.4. The van der Waals surface area contributed by atoms with E-state index in [1.807, 2.05) is 49.4 Å². The molecule has 1 saturated carbocycles. The minimum Gasteiger partial charge on any atom is -0.483 e. The summed E-state index contributed by atoms with van der Waals surface area (Å²) in [6, 6.07) is 15.4.